The Morgan fingerprint density at radius 2 is 1.75 bits per heavy atom. The van der Waals surface area contributed by atoms with Crippen LogP contribution in [0.15, 0.2) is 12.1 Å². The molecule has 2 aromatic rings. The number of thiocarbonyl (C=S) groups is 1. The van der Waals surface area contributed by atoms with Crippen LogP contribution in [0.5, 0.6) is 0 Å². The Hall–Kier alpha value is -1.75. The minimum absolute atomic E-state index is 0.557. The largest absolute Gasteiger partial charge is 0.383 e. The Labute approximate surface area is 124 Å². The first-order valence-corrected chi connectivity index (χ1v) is 7.26. The van der Waals surface area contributed by atoms with Crippen molar-refractivity contribution < 1.29 is 0 Å². The SMILES string of the molecule is Cc1cc2nc(N3CCC(=S)CC3)nc(N)c2cc1C. The van der Waals surface area contributed by atoms with Gasteiger partial charge in [-0.05, 0) is 54.8 Å². The molecule has 5 heteroatoms. The summed E-state index contributed by atoms with van der Waals surface area (Å²) in [6.07, 6.45) is 1.87. The molecule has 1 aromatic carbocycles. The van der Waals surface area contributed by atoms with E-state index in [2.05, 4.69) is 40.8 Å². The molecule has 1 aliphatic rings. The van der Waals surface area contributed by atoms with Crippen LogP contribution in [-0.4, -0.2) is 27.9 Å². The Balaban J connectivity index is 2.05. The van der Waals surface area contributed by atoms with E-state index in [9.17, 15) is 0 Å². The highest BCUT2D eigenvalue weighted by Crippen LogP contribution is 2.25. The van der Waals surface area contributed by atoms with E-state index >= 15 is 0 Å². The molecule has 1 aliphatic heterocycles. The second-order valence-corrected chi connectivity index (χ2v) is 5.97. The van der Waals surface area contributed by atoms with E-state index in [1.807, 2.05) is 0 Å². The molecule has 0 aliphatic carbocycles. The van der Waals surface area contributed by atoms with E-state index in [4.69, 9.17) is 18.0 Å². The van der Waals surface area contributed by atoms with Gasteiger partial charge in [0.15, 0.2) is 0 Å². The quantitative estimate of drug-likeness (QED) is 0.817. The molecule has 3 rings (SSSR count). The third kappa shape index (κ3) is 2.33. The molecule has 0 amide bonds. The number of aryl methyl sites for hydroxylation is 2. The molecule has 4 nitrogen and oxygen atoms in total. The molecule has 1 fully saturated rings. The maximum Gasteiger partial charge on any atom is 0.227 e. The fourth-order valence-corrected chi connectivity index (χ4v) is 2.68. The number of rotatable bonds is 1. The first-order chi connectivity index (χ1) is 9.54. The van der Waals surface area contributed by atoms with Crippen LogP contribution in [-0.2, 0) is 0 Å². The van der Waals surface area contributed by atoms with E-state index in [1.54, 1.807) is 0 Å². The number of nitrogen functional groups attached to an aromatic ring is 1. The van der Waals surface area contributed by atoms with Crippen molar-refractivity contribution >= 4 is 39.8 Å². The molecule has 2 N–H and O–H groups in total. The molecule has 0 radical (unpaired) electrons. The minimum Gasteiger partial charge on any atom is -0.383 e. The zero-order valence-electron chi connectivity index (χ0n) is 11.8. The minimum atomic E-state index is 0.557. The predicted octanol–water partition coefficient (Wildman–Crippen LogP) is 2.80. The monoisotopic (exact) mass is 286 g/mol. The molecule has 104 valence electrons. The van der Waals surface area contributed by atoms with E-state index < -0.39 is 0 Å². The van der Waals surface area contributed by atoms with Gasteiger partial charge in [0, 0.05) is 18.5 Å². The van der Waals surface area contributed by atoms with Crippen molar-refractivity contribution in [2.24, 2.45) is 0 Å². The van der Waals surface area contributed by atoms with Crippen LogP contribution >= 0.6 is 12.2 Å². The lowest BCUT2D eigenvalue weighted by atomic mass is 10.1. The topological polar surface area (TPSA) is 55.0 Å². The summed E-state index contributed by atoms with van der Waals surface area (Å²) in [5.74, 6) is 1.28. The van der Waals surface area contributed by atoms with Gasteiger partial charge in [0.2, 0.25) is 5.95 Å². The lowest BCUT2D eigenvalue weighted by Crippen LogP contribution is -2.34. The van der Waals surface area contributed by atoms with Crippen LogP contribution in [0, 0.1) is 13.8 Å². The van der Waals surface area contributed by atoms with Gasteiger partial charge < -0.3 is 10.6 Å². The zero-order valence-corrected chi connectivity index (χ0v) is 12.6. The Morgan fingerprint density at radius 1 is 1.10 bits per heavy atom. The van der Waals surface area contributed by atoms with Gasteiger partial charge in [0.05, 0.1) is 5.52 Å². The maximum atomic E-state index is 6.11. The number of aromatic nitrogens is 2. The summed E-state index contributed by atoms with van der Waals surface area (Å²) >= 11 is 5.25. The van der Waals surface area contributed by atoms with Crippen molar-refractivity contribution in [1.82, 2.24) is 9.97 Å². The van der Waals surface area contributed by atoms with Gasteiger partial charge in [0.1, 0.15) is 5.82 Å². The Bertz CT molecular complexity index is 686. The summed E-state index contributed by atoms with van der Waals surface area (Å²) in [5, 5.41) is 0.935. The summed E-state index contributed by atoms with van der Waals surface area (Å²) in [7, 11) is 0. The zero-order chi connectivity index (χ0) is 14.3. The number of benzene rings is 1. The highest BCUT2D eigenvalue weighted by molar-refractivity contribution is 7.80. The molecule has 20 heavy (non-hydrogen) atoms. The number of anilines is 2. The fourth-order valence-electron chi connectivity index (χ4n) is 2.50. The van der Waals surface area contributed by atoms with Gasteiger partial charge in [0.25, 0.3) is 0 Å². The summed E-state index contributed by atoms with van der Waals surface area (Å²) in [4.78, 5) is 12.5. The number of nitrogens with two attached hydrogens (primary N) is 1. The highest BCUT2D eigenvalue weighted by atomic mass is 32.1. The molecule has 1 aromatic heterocycles. The molecular formula is C15H18N4S. The van der Waals surface area contributed by atoms with Crippen molar-refractivity contribution in [3.05, 3.63) is 23.3 Å². The average molecular weight is 286 g/mol. The van der Waals surface area contributed by atoms with Crippen LogP contribution in [0.3, 0.4) is 0 Å². The number of hydrogen-bond acceptors (Lipinski definition) is 5. The van der Waals surface area contributed by atoms with Crippen LogP contribution in [0.2, 0.25) is 0 Å². The fraction of sp³-hybridized carbons (Fsp3) is 0.400. The number of fused-ring (bicyclic) bond motifs is 1. The highest BCUT2D eigenvalue weighted by Gasteiger charge is 2.18. The number of nitrogens with zero attached hydrogens (tertiary/aromatic N) is 3. The first kappa shape index (κ1) is 13.2. The van der Waals surface area contributed by atoms with E-state index in [0.717, 1.165) is 47.6 Å². The van der Waals surface area contributed by atoms with Gasteiger partial charge in [-0.3, -0.25) is 0 Å². The van der Waals surface area contributed by atoms with Gasteiger partial charge in [-0.1, -0.05) is 12.2 Å². The lowest BCUT2D eigenvalue weighted by Gasteiger charge is -2.27. The van der Waals surface area contributed by atoms with Crippen LogP contribution in [0.4, 0.5) is 11.8 Å². The molecule has 0 atom stereocenters. The van der Waals surface area contributed by atoms with E-state index in [-0.39, 0.29) is 0 Å². The third-order valence-corrected chi connectivity index (χ3v) is 4.34. The van der Waals surface area contributed by atoms with Crippen LogP contribution in [0.1, 0.15) is 24.0 Å². The van der Waals surface area contributed by atoms with Crippen molar-refractivity contribution in [3.8, 4) is 0 Å². The van der Waals surface area contributed by atoms with Crippen molar-refractivity contribution in [1.29, 1.82) is 0 Å². The normalized spacial score (nSPS) is 15.9. The van der Waals surface area contributed by atoms with Crippen LogP contribution < -0.4 is 10.6 Å². The van der Waals surface area contributed by atoms with Gasteiger partial charge in [-0.25, -0.2) is 4.98 Å². The number of hydrogen-bond donors (Lipinski definition) is 1. The summed E-state index contributed by atoms with van der Waals surface area (Å²) < 4.78 is 0. The predicted molar refractivity (Wildman–Crippen MR) is 87.5 cm³/mol. The van der Waals surface area contributed by atoms with Crippen molar-refractivity contribution in [2.45, 2.75) is 26.7 Å². The molecule has 1 saturated heterocycles. The van der Waals surface area contributed by atoms with Gasteiger partial charge >= 0.3 is 0 Å². The van der Waals surface area contributed by atoms with E-state index in [1.165, 1.54) is 11.1 Å². The summed E-state index contributed by atoms with van der Waals surface area (Å²) in [6.45, 7) is 5.93. The summed E-state index contributed by atoms with van der Waals surface area (Å²) in [5.41, 5.74) is 9.46. The summed E-state index contributed by atoms with van der Waals surface area (Å²) in [6, 6.07) is 4.15. The molecule has 0 unspecified atom stereocenters. The smallest absolute Gasteiger partial charge is 0.227 e. The molecule has 0 bridgehead atoms. The third-order valence-electron chi connectivity index (χ3n) is 3.93. The second kappa shape index (κ2) is 4.98. The standard InChI is InChI=1S/C15H18N4S/c1-9-7-12-13(8-10(9)2)17-15(18-14(12)16)19-5-3-11(20)4-6-19/h7-8H,3-6H2,1-2H3,(H2,16,17,18). The average Bonchev–Trinajstić information content (AvgIpc) is 2.42. The Kier molecular flexibility index (Phi) is 3.30. The van der Waals surface area contributed by atoms with Crippen molar-refractivity contribution in [2.75, 3.05) is 23.7 Å². The van der Waals surface area contributed by atoms with E-state index in [0.29, 0.717) is 5.82 Å². The van der Waals surface area contributed by atoms with Gasteiger partial charge in [-0.15, -0.1) is 0 Å². The van der Waals surface area contributed by atoms with Crippen molar-refractivity contribution in [3.63, 3.8) is 0 Å². The molecule has 2 heterocycles. The molecule has 0 spiro atoms. The number of piperidine rings is 1. The second-order valence-electron chi connectivity index (χ2n) is 5.39. The van der Waals surface area contributed by atoms with Gasteiger partial charge in [-0.2, -0.15) is 4.98 Å². The van der Waals surface area contributed by atoms with Crippen LogP contribution in [0.25, 0.3) is 10.9 Å². The maximum absolute atomic E-state index is 6.11. The molecule has 0 saturated carbocycles. The molecular weight excluding hydrogens is 268 g/mol. The first-order valence-electron chi connectivity index (χ1n) is 6.86. The Morgan fingerprint density at radius 3 is 2.45 bits per heavy atom. The lowest BCUT2D eigenvalue weighted by molar-refractivity contribution is 0.744.